The largest absolute Gasteiger partial charge is 0.430 e. The van der Waals surface area contributed by atoms with Gasteiger partial charge in [0.2, 0.25) is 6.79 Å². The first kappa shape index (κ1) is 10.3. The number of ether oxygens (including phenoxy) is 2. The van der Waals surface area contributed by atoms with Crippen LogP contribution < -0.4 is 0 Å². The molecule has 14 heavy (non-hydrogen) atoms. The predicted molar refractivity (Wildman–Crippen MR) is 47.7 cm³/mol. The van der Waals surface area contributed by atoms with Gasteiger partial charge in [0.25, 0.3) is 6.47 Å². The van der Waals surface area contributed by atoms with Crippen molar-refractivity contribution >= 4 is 12.4 Å². The molecule has 0 aromatic heterocycles. The van der Waals surface area contributed by atoms with Gasteiger partial charge in [-0.3, -0.25) is 4.79 Å². The summed E-state index contributed by atoms with van der Waals surface area (Å²) >= 11 is 0. The van der Waals surface area contributed by atoms with Crippen LogP contribution in [0, 0.1) is 0 Å². The molecule has 0 spiro atoms. The average Bonchev–Trinajstić information content (AvgIpc) is 2.18. The maximum Gasteiger partial charge on any atom is 0.338 e. The number of hydrogen-bond donors (Lipinski definition) is 0. The number of carbonyl (C=O) groups excluding carboxylic acids is 2. The molecule has 0 saturated heterocycles. The van der Waals surface area contributed by atoms with Crippen LogP contribution in [-0.2, 0) is 19.1 Å². The van der Waals surface area contributed by atoms with Crippen LogP contribution in [0.25, 0.3) is 0 Å². The van der Waals surface area contributed by atoms with E-state index in [0.717, 1.165) is 0 Å². The number of carbonyl (C=O) groups is 2. The Kier molecular flexibility index (Phi) is 3.72. The van der Waals surface area contributed by atoms with Gasteiger partial charge in [-0.25, -0.2) is 4.79 Å². The molecule has 0 bridgehead atoms. The van der Waals surface area contributed by atoms with Gasteiger partial charge < -0.3 is 14.4 Å². The molecule has 1 aliphatic heterocycles. The fourth-order valence-electron chi connectivity index (χ4n) is 1.03. The molecule has 0 N–H and O–H groups in total. The van der Waals surface area contributed by atoms with E-state index < -0.39 is 5.97 Å². The van der Waals surface area contributed by atoms with Gasteiger partial charge in [-0.15, -0.1) is 0 Å². The lowest BCUT2D eigenvalue weighted by Crippen LogP contribution is -2.15. The van der Waals surface area contributed by atoms with Crippen LogP contribution in [0.5, 0.6) is 0 Å². The summed E-state index contributed by atoms with van der Waals surface area (Å²) < 4.78 is 8.89. The summed E-state index contributed by atoms with van der Waals surface area (Å²) in [4.78, 5) is 22.8. The summed E-state index contributed by atoms with van der Waals surface area (Å²) in [7, 11) is 1.81. The standard InChI is InChI=1S/C9H11NO4/c1-10-4-2-3-8(5-10)9(12)14-7-13-6-11/h2,4-6H,3,7H2,1H3. The van der Waals surface area contributed by atoms with Crippen LogP contribution in [0.15, 0.2) is 24.0 Å². The molecule has 1 aliphatic rings. The van der Waals surface area contributed by atoms with Gasteiger partial charge in [0.1, 0.15) is 0 Å². The third-order valence-corrected chi connectivity index (χ3v) is 1.63. The first-order valence-corrected chi connectivity index (χ1v) is 4.05. The highest BCUT2D eigenvalue weighted by molar-refractivity contribution is 5.88. The van der Waals surface area contributed by atoms with E-state index in [4.69, 9.17) is 0 Å². The second-order valence-electron chi connectivity index (χ2n) is 2.72. The minimum absolute atomic E-state index is 0.231. The van der Waals surface area contributed by atoms with Crippen LogP contribution in [0.1, 0.15) is 6.42 Å². The van der Waals surface area contributed by atoms with Gasteiger partial charge in [0, 0.05) is 19.7 Å². The number of allylic oxidation sites excluding steroid dienone is 1. The summed E-state index contributed by atoms with van der Waals surface area (Å²) in [6.07, 6.45) is 5.89. The fourth-order valence-corrected chi connectivity index (χ4v) is 1.03. The number of rotatable bonds is 4. The summed E-state index contributed by atoms with van der Waals surface area (Å²) in [6.45, 7) is -0.109. The molecule has 76 valence electrons. The zero-order valence-corrected chi connectivity index (χ0v) is 7.80. The normalized spacial score (nSPS) is 14.6. The molecule has 0 atom stereocenters. The Labute approximate surface area is 81.6 Å². The number of esters is 1. The molecule has 0 aliphatic carbocycles. The Morgan fingerprint density at radius 2 is 2.50 bits per heavy atom. The number of nitrogens with zero attached hydrogens (tertiary/aromatic N) is 1. The Balaban J connectivity index is 2.40. The van der Waals surface area contributed by atoms with Crippen LogP contribution >= 0.6 is 0 Å². The minimum atomic E-state index is -0.469. The lowest BCUT2D eigenvalue weighted by molar-refractivity contribution is -0.156. The Bertz CT molecular complexity index is 283. The van der Waals surface area contributed by atoms with Crippen molar-refractivity contribution in [2.75, 3.05) is 13.8 Å². The quantitative estimate of drug-likeness (QED) is 0.282. The van der Waals surface area contributed by atoms with E-state index in [1.807, 2.05) is 19.3 Å². The predicted octanol–water partition coefficient (Wildman–Crippen LogP) is 0.393. The van der Waals surface area contributed by atoms with Gasteiger partial charge in [0.15, 0.2) is 0 Å². The monoisotopic (exact) mass is 197 g/mol. The van der Waals surface area contributed by atoms with E-state index in [-0.39, 0.29) is 13.3 Å². The first-order valence-electron chi connectivity index (χ1n) is 4.05. The Morgan fingerprint density at radius 1 is 1.71 bits per heavy atom. The van der Waals surface area contributed by atoms with Crippen molar-refractivity contribution in [2.45, 2.75) is 6.42 Å². The minimum Gasteiger partial charge on any atom is -0.430 e. The zero-order valence-electron chi connectivity index (χ0n) is 7.80. The Hall–Kier alpha value is -1.78. The van der Waals surface area contributed by atoms with Crippen LogP contribution in [-0.4, -0.2) is 31.2 Å². The molecular formula is C9H11NO4. The van der Waals surface area contributed by atoms with Crippen molar-refractivity contribution in [1.82, 2.24) is 4.90 Å². The summed E-state index contributed by atoms with van der Waals surface area (Å²) in [5.41, 5.74) is 0.532. The molecule has 0 aromatic rings. The molecule has 5 heteroatoms. The third kappa shape index (κ3) is 2.93. The Morgan fingerprint density at radius 3 is 3.14 bits per heavy atom. The van der Waals surface area contributed by atoms with Gasteiger partial charge in [-0.2, -0.15) is 0 Å². The smallest absolute Gasteiger partial charge is 0.338 e. The van der Waals surface area contributed by atoms with Crippen molar-refractivity contribution in [3.05, 3.63) is 24.0 Å². The molecule has 0 aromatic carbocycles. The molecule has 0 amide bonds. The molecule has 1 heterocycles. The SMILES string of the molecule is CN1C=CCC(C(=O)OCOC=O)=C1. The van der Waals surface area contributed by atoms with Gasteiger partial charge in [-0.05, 0) is 6.20 Å². The van der Waals surface area contributed by atoms with E-state index in [9.17, 15) is 9.59 Å². The van der Waals surface area contributed by atoms with Crippen molar-refractivity contribution in [2.24, 2.45) is 0 Å². The van der Waals surface area contributed by atoms with Crippen LogP contribution in [0.4, 0.5) is 0 Å². The van der Waals surface area contributed by atoms with Gasteiger partial charge in [0.05, 0.1) is 5.57 Å². The summed E-state index contributed by atoms with van der Waals surface area (Å²) in [6, 6.07) is 0. The van der Waals surface area contributed by atoms with Crippen LogP contribution in [0.3, 0.4) is 0 Å². The molecule has 0 fully saturated rings. The van der Waals surface area contributed by atoms with E-state index in [1.54, 1.807) is 11.1 Å². The first-order chi connectivity index (χ1) is 6.74. The molecular weight excluding hydrogens is 186 g/mol. The summed E-state index contributed by atoms with van der Waals surface area (Å²) in [5, 5.41) is 0. The van der Waals surface area contributed by atoms with Crippen molar-refractivity contribution < 1.29 is 19.1 Å². The highest BCUT2D eigenvalue weighted by atomic mass is 16.7. The zero-order chi connectivity index (χ0) is 10.4. The molecule has 0 saturated carbocycles. The highest BCUT2D eigenvalue weighted by Crippen LogP contribution is 2.11. The van der Waals surface area contributed by atoms with Gasteiger partial charge >= 0.3 is 5.97 Å². The molecule has 0 radical (unpaired) electrons. The maximum atomic E-state index is 11.3. The molecule has 5 nitrogen and oxygen atoms in total. The molecule has 0 unspecified atom stereocenters. The lowest BCUT2D eigenvalue weighted by atomic mass is 10.1. The van der Waals surface area contributed by atoms with Crippen molar-refractivity contribution in [1.29, 1.82) is 0 Å². The van der Waals surface area contributed by atoms with Crippen molar-refractivity contribution in [3.8, 4) is 0 Å². The fraction of sp³-hybridized carbons (Fsp3) is 0.333. The van der Waals surface area contributed by atoms with E-state index >= 15 is 0 Å². The highest BCUT2D eigenvalue weighted by Gasteiger charge is 2.12. The number of hydrogen-bond acceptors (Lipinski definition) is 5. The van der Waals surface area contributed by atoms with E-state index in [1.165, 1.54) is 0 Å². The molecule has 1 rings (SSSR count). The maximum absolute atomic E-state index is 11.3. The summed E-state index contributed by atoms with van der Waals surface area (Å²) in [5.74, 6) is -0.469. The second-order valence-corrected chi connectivity index (χ2v) is 2.72. The van der Waals surface area contributed by atoms with E-state index in [2.05, 4.69) is 9.47 Å². The second kappa shape index (κ2) is 5.06. The van der Waals surface area contributed by atoms with Crippen molar-refractivity contribution in [3.63, 3.8) is 0 Å². The van der Waals surface area contributed by atoms with Crippen LogP contribution in [0.2, 0.25) is 0 Å². The average molecular weight is 197 g/mol. The lowest BCUT2D eigenvalue weighted by Gasteiger charge is -2.15. The third-order valence-electron chi connectivity index (χ3n) is 1.63. The van der Waals surface area contributed by atoms with E-state index in [0.29, 0.717) is 12.0 Å². The topological polar surface area (TPSA) is 55.8 Å². The van der Waals surface area contributed by atoms with Gasteiger partial charge in [-0.1, -0.05) is 6.08 Å².